The lowest BCUT2D eigenvalue weighted by molar-refractivity contribution is -0.146. The highest BCUT2D eigenvalue weighted by Crippen LogP contribution is 2.36. The Balaban J connectivity index is 1.86. The van der Waals surface area contributed by atoms with Gasteiger partial charge in [-0.05, 0) is 37.0 Å². The lowest BCUT2D eigenvalue weighted by Crippen LogP contribution is -2.39. The Morgan fingerprint density at radius 3 is 2.40 bits per heavy atom. The molecule has 2 fully saturated rings. The molecule has 1 amide bonds. The van der Waals surface area contributed by atoms with Crippen molar-refractivity contribution in [1.82, 2.24) is 5.32 Å². The van der Waals surface area contributed by atoms with Gasteiger partial charge in [0.05, 0.1) is 11.8 Å². The van der Waals surface area contributed by atoms with Crippen molar-refractivity contribution in [2.75, 3.05) is 6.54 Å². The van der Waals surface area contributed by atoms with Gasteiger partial charge >= 0.3 is 5.97 Å². The molecule has 2 saturated carbocycles. The molecule has 0 aromatic heterocycles. The maximum Gasteiger partial charge on any atom is 0.307 e. The quantitative estimate of drug-likeness (QED) is 0.832. The van der Waals surface area contributed by atoms with E-state index in [1.807, 2.05) is 6.92 Å². The first-order valence-electron chi connectivity index (χ1n) is 7.99. The number of hydrogen-bond donors (Lipinski definition) is 2. The average Bonchev–Trinajstić information content (AvgIpc) is 2.80. The van der Waals surface area contributed by atoms with Crippen LogP contribution in [0.25, 0.3) is 0 Å². The van der Waals surface area contributed by atoms with Crippen molar-refractivity contribution in [3.05, 3.63) is 0 Å². The number of nitrogens with one attached hydrogen (secondary N) is 1. The number of rotatable bonds is 4. The summed E-state index contributed by atoms with van der Waals surface area (Å²) >= 11 is 0. The SMILES string of the molecule is CC1CC(C(=O)O)C(C(=O)NCC2CCCCC2C)C1. The van der Waals surface area contributed by atoms with E-state index in [4.69, 9.17) is 0 Å². The van der Waals surface area contributed by atoms with Crippen molar-refractivity contribution in [3.8, 4) is 0 Å². The van der Waals surface area contributed by atoms with Gasteiger partial charge in [0.15, 0.2) is 0 Å². The van der Waals surface area contributed by atoms with E-state index in [0.717, 1.165) is 6.54 Å². The number of carbonyl (C=O) groups excluding carboxylic acids is 1. The van der Waals surface area contributed by atoms with E-state index < -0.39 is 11.9 Å². The van der Waals surface area contributed by atoms with Gasteiger partial charge in [0.2, 0.25) is 5.91 Å². The maximum absolute atomic E-state index is 12.3. The minimum absolute atomic E-state index is 0.0421. The van der Waals surface area contributed by atoms with Gasteiger partial charge in [0.25, 0.3) is 0 Å². The first-order valence-corrected chi connectivity index (χ1v) is 7.99. The van der Waals surface area contributed by atoms with Gasteiger partial charge in [0, 0.05) is 6.54 Å². The minimum atomic E-state index is -0.819. The molecular formula is C16H27NO3. The fourth-order valence-electron chi connectivity index (χ4n) is 3.91. The highest BCUT2D eigenvalue weighted by atomic mass is 16.4. The molecule has 2 aliphatic carbocycles. The van der Waals surface area contributed by atoms with Crippen LogP contribution in [0.4, 0.5) is 0 Å². The van der Waals surface area contributed by atoms with E-state index in [2.05, 4.69) is 12.2 Å². The lowest BCUT2D eigenvalue weighted by atomic mass is 9.80. The molecule has 20 heavy (non-hydrogen) atoms. The maximum atomic E-state index is 12.3. The topological polar surface area (TPSA) is 66.4 Å². The summed E-state index contributed by atoms with van der Waals surface area (Å²) in [6.07, 6.45) is 6.33. The summed E-state index contributed by atoms with van der Waals surface area (Å²) in [5.41, 5.74) is 0. The zero-order chi connectivity index (χ0) is 14.7. The van der Waals surface area contributed by atoms with Gasteiger partial charge in [-0.3, -0.25) is 9.59 Å². The molecule has 0 aromatic rings. The number of carboxylic acid groups (broad SMARTS) is 1. The van der Waals surface area contributed by atoms with Crippen LogP contribution < -0.4 is 5.32 Å². The van der Waals surface area contributed by atoms with Crippen LogP contribution in [0.3, 0.4) is 0 Å². The second-order valence-electron chi connectivity index (χ2n) is 6.89. The fourth-order valence-corrected chi connectivity index (χ4v) is 3.91. The van der Waals surface area contributed by atoms with Gasteiger partial charge in [-0.15, -0.1) is 0 Å². The highest BCUT2D eigenvalue weighted by molar-refractivity contribution is 5.85. The normalized spacial score (nSPS) is 37.6. The van der Waals surface area contributed by atoms with Gasteiger partial charge < -0.3 is 10.4 Å². The highest BCUT2D eigenvalue weighted by Gasteiger charge is 2.41. The van der Waals surface area contributed by atoms with E-state index in [1.54, 1.807) is 0 Å². The Morgan fingerprint density at radius 2 is 1.75 bits per heavy atom. The standard InChI is InChI=1S/C16H27NO3/c1-10-7-13(14(8-10)16(19)20)15(18)17-9-12-6-4-3-5-11(12)2/h10-14H,3-9H2,1-2H3,(H,17,18)(H,19,20). The first-order chi connectivity index (χ1) is 9.49. The molecule has 0 aliphatic heterocycles. The molecule has 5 atom stereocenters. The van der Waals surface area contributed by atoms with Crippen molar-refractivity contribution in [1.29, 1.82) is 0 Å². The van der Waals surface area contributed by atoms with Crippen LogP contribution in [-0.4, -0.2) is 23.5 Å². The first kappa shape index (κ1) is 15.3. The summed E-state index contributed by atoms with van der Waals surface area (Å²) in [6, 6.07) is 0. The van der Waals surface area contributed by atoms with E-state index in [9.17, 15) is 14.7 Å². The van der Waals surface area contributed by atoms with Crippen molar-refractivity contribution in [2.24, 2.45) is 29.6 Å². The van der Waals surface area contributed by atoms with Crippen LogP contribution in [0.2, 0.25) is 0 Å². The molecule has 0 radical (unpaired) electrons. The Kier molecular flexibility index (Phi) is 5.06. The fraction of sp³-hybridized carbons (Fsp3) is 0.875. The molecular weight excluding hydrogens is 254 g/mol. The molecule has 2 aliphatic rings. The zero-order valence-corrected chi connectivity index (χ0v) is 12.6. The second kappa shape index (κ2) is 6.59. The second-order valence-corrected chi connectivity index (χ2v) is 6.89. The van der Waals surface area contributed by atoms with E-state index in [0.29, 0.717) is 30.6 Å². The van der Waals surface area contributed by atoms with E-state index in [1.165, 1.54) is 25.7 Å². The van der Waals surface area contributed by atoms with Gasteiger partial charge in [0.1, 0.15) is 0 Å². The smallest absolute Gasteiger partial charge is 0.307 e. The summed E-state index contributed by atoms with van der Waals surface area (Å²) in [7, 11) is 0. The van der Waals surface area contributed by atoms with Crippen molar-refractivity contribution < 1.29 is 14.7 Å². The molecule has 0 heterocycles. The summed E-state index contributed by atoms with van der Waals surface area (Å²) in [4.78, 5) is 23.5. The lowest BCUT2D eigenvalue weighted by Gasteiger charge is -2.29. The van der Waals surface area contributed by atoms with Crippen LogP contribution in [0.15, 0.2) is 0 Å². The Morgan fingerprint density at radius 1 is 1.10 bits per heavy atom. The van der Waals surface area contributed by atoms with E-state index in [-0.39, 0.29) is 11.8 Å². The van der Waals surface area contributed by atoms with Crippen LogP contribution in [0, 0.1) is 29.6 Å². The molecule has 0 aromatic carbocycles. The molecule has 114 valence electrons. The predicted molar refractivity (Wildman–Crippen MR) is 77.1 cm³/mol. The van der Waals surface area contributed by atoms with Gasteiger partial charge in [-0.2, -0.15) is 0 Å². The molecule has 2 rings (SSSR count). The van der Waals surface area contributed by atoms with Gasteiger partial charge in [-0.1, -0.05) is 33.1 Å². The summed E-state index contributed by atoms with van der Waals surface area (Å²) in [5, 5.41) is 12.3. The van der Waals surface area contributed by atoms with Crippen LogP contribution in [-0.2, 0) is 9.59 Å². The third-order valence-corrected chi connectivity index (χ3v) is 5.28. The van der Waals surface area contributed by atoms with Crippen LogP contribution in [0.1, 0.15) is 52.4 Å². The minimum Gasteiger partial charge on any atom is -0.481 e. The number of carboxylic acids is 1. The number of carbonyl (C=O) groups is 2. The van der Waals surface area contributed by atoms with Crippen LogP contribution in [0.5, 0.6) is 0 Å². The largest absolute Gasteiger partial charge is 0.481 e. The molecule has 0 bridgehead atoms. The third kappa shape index (κ3) is 3.53. The average molecular weight is 281 g/mol. The summed E-state index contributed by atoms with van der Waals surface area (Å²) in [6.45, 7) is 5.01. The monoisotopic (exact) mass is 281 g/mol. The van der Waals surface area contributed by atoms with Crippen molar-refractivity contribution >= 4 is 11.9 Å². The summed E-state index contributed by atoms with van der Waals surface area (Å²) < 4.78 is 0. The van der Waals surface area contributed by atoms with Crippen molar-refractivity contribution in [3.63, 3.8) is 0 Å². The Bertz CT molecular complexity index is 369. The Hall–Kier alpha value is -1.06. The molecule has 0 saturated heterocycles. The predicted octanol–water partition coefficient (Wildman–Crippen LogP) is 2.68. The van der Waals surface area contributed by atoms with Crippen molar-refractivity contribution in [2.45, 2.75) is 52.4 Å². The molecule has 0 spiro atoms. The molecule has 4 heteroatoms. The zero-order valence-electron chi connectivity index (χ0n) is 12.6. The molecule has 2 N–H and O–H groups in total. The Labute approximate surface area is 121 Å². The summed E-state index contributed by atoms with van der Waals surface area (Å²) in [5.74, 6) is -0.118. The molecule has 4 nitrogen and oxygen atoms in total. The van der Waals surface area contributed by atoms with Gasteiger partial charge in [-0.25, -0.2) is 0 Å². The van der Waals surface area contributed by atoms with E-state index >= 15 is 0 Å². The molecule has 5 unspecified atom stereocenters. The number of aliphatic carboxylic acids is 1. The number of hydrogen-bond acceptors (Lipinski definition) is 2. The third-order valence-electron chi connectivity index (χ3n) is 5.28. The van der Waals surface area contributed by atoms with Crippen LogP contribution >= 0.6 is 0 Å². The number of amides is 1.